The summed E-state index contributed by atoms with van der Waals surface area (Å²) in [7, 11) is -1.03. The second-order valence-electron chi connectivity index (χ2n) is 2.32. The summed E-state index contributed by atoms with van der Waals surface area (Å²) in [5.41, 5.74) is 0. The Balaban J connectivity index is 2.77. The smallest absolute Gasteiger partial charge is 0.213 e. The maximum Gasteiger partial charge on any atom is 0.213 e. The highest BCUT2D eigenvalue weighted by atomic mass is 32.8. The van der Waals surface area contributed by atoms with Gasteiger partial charge < -0.3 is 0 Å². The Hall–Kier alpha value is -0.150. The SMILES string of the molecule is C#CC1CCN(C)S(=O)(=S)O1. The lowest BCUT2D eigenvalue weighted by atomic mass is 10.3. The standard InChI is InChI=1S/C6H9NO2S2/c1-3-6-4-5-7(2)11(8,10)9-6/h1,6H,4-5H2,2H3. The summed E-state index contributed by atoms with van der Waals surface area (Å²) in [4.78, 5) is 0. The number of hydrogen-bond donors (Lipinski definition) is 0. The minimum atomic E-state index is -2.70. The molecule has 11 heavy (non-hydrogen) atoms. The van der Waals surface area contributed by atoms with Crippen LogP contribution in [-0.2, 0) is 24.3 Å². The summed E-state index contributed by atoms with van der Waals surface area (Å²) in [5.74, 6) is 2.39. The molecular weight excluding hydrogens is 182 g/mol. The molecule has 0 radical (unpaired) electrons. The van der Waals surface area contributed by atoms with Crippen LogP contribution >= 0.6 is 0 Å². The van der Waals surface area contributed by atoms with E-state index < -0.39 is 8.96 Å². The number of rotatable bonds is 0. The Kier molecular flexibility index (Phi) is 2.50. The van der Waals surface area contributed by atoms with Gasteiger partial charge in [0.25, 0.3) is 0 Å². The Morgan fingerprint density at radius 1 is 1.91 bits per heavy atom. The van der Waals surface area contributed by atoms with Crippen LogP contribution in [0.25, 0.3) is 0 Å². The predicted molar refractivity (Wildman–Crippen MR) is 46.5 cm³/mol. The molecule has 0 N–H and O–H groups in total. The third kappa shape index (κ3) is 1.91. The van der Waals surface area contributed by atoms with Crippen LogP contribution in [0.2, 0.25) is 0 Å². The topological polar surface area (TPSA) is 29.5 Å². The lowest BCUT2D eigenvalue weighted by molar-refractivity contribution is 0.208. The van der Waals surface area contributed by atoms with Crippen LogP contribution in [0.4, 0.5) is 0 Å². The van der Waals surface area contributed by atoms with Crippen molar-refractivity contribution in [2.24, 2.45) is 0 Å². The van der Waals surface area contributed by atoms with Gasteiger partial charge in [-0.15, -0.1) is 6.42 Å². The summed E-state index contributed by atoms with van der Waals surface area (Å²) >= 11 is 4.70. The van der Waals surface area contributed by atoms with Gasteiger partial charge in [-0.2, -0.15) is 0 Å². The highest BCUT2D eigenvalue weighted by Gasteiger charge is 2.25. The average Bonchev–Trinajstić information content (AvgIpc) is 1.95. The highest BCUT2D eigenvalue weighted by Crippen LogP contribution is 2.14. The monoisotopic (exact) mass is 191 g/mol. The van der Waals surface area contributed by atoms with Crippen LogP contribution in [0.15, 0.2) is 0 Å². The van der Waals surface area contributed by atoms with Crippen LogP contribution in [0.1, 0.15) is 6.42 Å². The molecule has 0 saturated carbocycles. The van der Waals surface area contributed by atoms with Gasteiger partial charge in [0.05, 0.1) is 0 Å². The molecule has 0 aromatic rings. The summed E-state index contributed by atoms with van der Waals surface area (Å²) in [6.07, 6.45) is 5.42. The number of nitrogens with zero attached hydrogens (tertiary/aromatic N) is 1. The first-order chi connectivity index (χ1) is 5.06. The van der Waals surface area contributed by atoms with Gasteiger partial charge in [0.2, 0.25) is 8.96 Å². The van der Waals surface area contributed by atoms with Crippen LogP contribution in [0.5, 0.6) is 0 Å². The van der Waals surface area contributed by atoms with Crippen LogP contribution in [-0.4, -0.2) is 28.2 Å². The average molecular weight is 191 g/mol. The zero-order valence-corrected chi connectivity index (χ0v) is 7.78. The molecule has 62 valence electrons. The molecule has 0 aromatic carbocycles. The zero-order chi connectivity index (χ0) is 8.48. The van der Waals surface area contributed by atoms with Gasteiger partial charge in [-0.05, 0) is 0 Å². The molecule has 1 saturated heterocycles. The molecule has 2 unspecified atom stereocenters. The summed E-state index contributed by atoms with van der Waals surface area (Å²) in [6.45, 7) is 0.636. The molecule has 0 bridgehead atoms. The van der Waals surface area contributed by atoms with E-state index in [1.54, 1.807) is 7.05 Å². The largest absolute Gasteiger partial charge is 0.262 e. The van der Waals surface area contributed by atoms with E-state index in [4.69, 9.17) is 21.8 Å². The van der Waals surface area contributed by atoms with E-state index in [1.165, 1.54) is 4.31 Å². The first-order valence-electron chi connectivity index (χ1n) is 3.17. The second kappa shape index (κ2) is 3.07. The Morgan fingerprint density at radius 3 is 3.00 bits per heavy atom. The second-order valence-corrected chi connectivity index (χ2v) is 5.25. The molecule has 1 rings (SSSR count). The molecule has 1 aliphatic heterocycles. The predicted octanol–water partition coefficient (Wildman–Crippen LogP) is -0.0834. The fourth-order valence-electron chi connectivity index (χ4n) is 0.790. The van der Waals surface area contributed by atoms with E-state index in [2.05, 4.69) is 5.92 Å². The van der Waals surface area contributed by atoms with E-state index in [0.717, 1.165) is 0 Å². The van der Waals surface area contributed by atoms with Gasteiger partial charge in [0, 0.05) is 31.2 Å². The molecule has 1 heterocycles. The van der Waals surface area contributed by atoms with Crippen molar-refractivity contribution in [3.8, 4) is 12.3 Å². The van der Waals surface area contributed by atoms with E-state index in [1.807, 2.05) is 0 Å². The van der Waals surface area contributed by atoms with Crippen molar-refractivity contribution in [1.29, 1.82) is 0 Å². The van der Waals surface area contributed by atoms with E-state index in [9.17, 15) is 4.21 Å². The molecular formula is C6H9NO2S2. The van der Waals surface area contributed by atoms with Crippen molar-refractivity contribution in [1.82, 2.24) is 4.31 Å². The Labute approximate surface area is 71.7 Å². The molecule has 0 aliphatic carbocycles. The fraction of sp³-hybridized carbons (Fsp3) is 0.667. The van der Waals surface area contributed by atoms with Gasteiger partial charge in [-0.25, -0.2) is 8.51 Å². The summed E-state index contributed by atoms with van der Waals surface area (Å²) in [5, 5.41) is 0. The van der Waals surface area contributed by atoms with Crippen molar-refractivity contribution in [3.05, 3.63) is 0 Å². The van der Waals surface area contributed by atoms with E-state index in [-0.39, 0.29) is 6.10 Å². The van der Waals surface area contributed by atoms with Gasteiger partial charge in [-0.3, -0.25) is 4.18 Å². The molecule has 0 spiro atoms. The molecule has 0 amide bonds. The minimum absolute atomic E-state index is 0.379. The number of terminal acetylenes is 1. The fourth-order valence-corrected chi connectivity index (χ4v) is 2.22. The molecule has 0 aromatic heterocycles. The van der Waals surface area contributed by atoms with Crippen molar-refractivity contribution < 1.29 is 8.39 Å². The van der Waals surface area contributed by atoms with Crippen molar-refractivity contribution in [3.63, 3.8) is 0 Å². The third-order valence-corrected chi connectivity index (χ3v) is 3.93. The quantitative estimate of drug-likeness (QED) is 0.501. The van der Waals surface area contributed by atoms with Gasteiger partial charge >= 0.3 is 0 Å². The van der Waals surface area contributed by atoms with Crippen molar-refractivity contribution in [2.45, 2.75) is 12.5 Å². The summed E-state index contributed by atoms with van der Waals surface area (Å²) < 4.78 is 17.8. The van der Waals surface area contributed by atoms with Crippen molar-refractivity contribution >= 4 is 20.1 Å². The van der Waals surface area contributed by atoms with Gasteiger partial charge in [-0.1, -0.05) is 5.92 Å². The van der Waals surface area contributed by atoms with Crippen LogP contribution in [0.3, 0.4) is 0 Å². The molecule has 2 atom stereocenters. The maximum absolute atomic E-state index is 11.3. The van der Waals surface area contributed by atoms with Crippen molar-refractivity contribution in [2.75, 3.05) is 13.6 Å². The minimum Gasteiger partial charge on any atom is -0.262 e. The first-order valence-corrected chi connectivity index (χ1v) is 5.53. The van der Waals surface area contributed by atoms with Crippen LogP contribution in [0, 0.1) is 12.3 Å². The Bertz CT molecular complexity index is 277. The number of hydrogen-bond acceptors (Lipinski definition) is 3. The van der Waals surface area contributed by atoms with E-state index in [0.29, 0.717) is 13.0 Å². The first kappa shape index (κ1) is 8.94. The lowest BCUT2D eigenvalue weighted by Crippen LogP contribution is -2.38. The normalized spacial score (nSPS) is 39.8. The van der Waals surface area contributed by atoms with Gasteiger partial charge in [0.15, 0.2) is 0 Å². The summed E-state index contributed by atoms with van der Waals surface area (Å²) in [6, 6.07) is 0. The highest BCUT2D eigenvalue weighted by molar-refractivity contribution is 8.28. The Morgan fingerprint density at radius 2 is 2.55 bits per heavy atom. The molecule has 1 aliphatic rings. The third-order valence-electron chi connectivity index (χ3n) is 1.51. The lowest BCUT2D eigenvalue weighted by Gasteiger charge is -2.27. The maximum atomic E-state index is 11.3. The zero-order valence-electron chi connectivity index (χ0n) is 6.15. The molecule has 5 heteroatoms. The van der Waals surface area contributed by atoms with Gasteiger partial charge in [0.1, 0.15) is 6.10 Å². The molecule has 3 nitrogen and oxygen atoms in total. The van der Waals surface area contributed by atoms with Crippen LogP contribution < -0.4 is 0 Å². The molecule has 1 fully saturated rings. The van der Waals surface area contributed by atoms with E-state index >= 15 is 0 Å².